The van der Waals surface area contributed by atoms with Crippen LogP contribution in [-0.2, 0) is 20.7 Å². The van der Waals surface area contributed by atoms with Gasteiger partial charge in [-0.2, -0.15) is 21.6 Å². The SMILES string of the molecule is C=CCc1ccc(OCOS(=O)(=O)C(F)(F)F)cc1. The van der Waals surface area contributed by atoms with E-state index in [1.165, 1.54) is 12.1 Å². The Bertz CT molecular complexity index is 520. The van der Waals surface area contributed by atoms with Crippen molar-refractivity contribution in [1.82, 2.24) is 0 Å². The molecule has 0 spiro atoms. The van der Waals surface area contributed by atoms with E-state index < -0.39 is 22.4 Å². The van der Waals surface area contributed by atoms with Gasteiger partial charge < -0.3 is 4.74 Å². The molecule has 0 aliphatic rings. The average Bonchev–Trinajstić information content (AvgIpc) is 2.30. The fourth-order valence-electron chi connectivity index (χ4n) is 1.11. The molecule has 0 heterocycles. The van der Waals surface area contributed by atoms with E-state index in [2.05, 4.69) is 10.8 Å². The van der Waals surface area contributed by atoms with Gasteiger partial charge in [-0.05, 0) is 24.1 Å². The number of allylic oxidation sites excluding steroid dienone is 1. The molecule has 0 aromatic heterocycles. The molecule has 0 bridgehead atoms. The molecule has 0 radical (unpaired) electrons. The summed E-state index contributed by atoms with van der Waals surface area (Å²) in [5.41, 5.74) is -4.52. The molecule has 1 aromatic rings. The Hall–Kier alpha value is -1.54. The third-order valence-corrected chi connectivity index (χ3v) is 2.99. The van der Waals surface area contributed by atoms with Crippen molar-refractivity contribution in [2.45, 2.75) is 11.9 Å². The summed E-state index contributed by atoms with van der Waals surface area (Å²) in [6, 6.07) is 6.33. The molecule has 106 valence electrons. The summed E-state index contributed by atoms with van der Waals surface area (Å²) in [7, 11) is -5.62. The summed E-state index contributed by atoms with van der Waals surface area (Å²) < 4.78 is 65.3. The zero-order valence-electron chi connectivity index (χ0n) is 9.68. The number of ether oxygens (including phenoxy) is 1. The summed E-state index contributed by atoms with van der Waals surface area (Å²) in [4.78, 5) is 0. The molecule has 0 atom stereocenters. The van der Waals surface area contributed by atoms with Gasteiger partial charge in [0.25, 0.3) is 0 Å². The van der Waals surface area contributed by atoms with Crippen LogP contribution in [0.4, 0.5) is 13.2 Å². The van der Waals surface area contributed by atoms with E-state index in [1.807, 2.05) is 0 Å². The molecule has 0 saturated heterocycles. The van der Waals surface area contributed by atoms with Gasteiger partial charge in [0.15, 0.2) is 0 Å². The number of alkyl halides is 3. The van der Waals surface area contributed by atoms with Gasteiger partial charge in [-0.15, -0.1) is 6.58 Å². The van der Waals surface area contributed by atoms with E-state index in [9.17, 15) is 21.6 Å². The maximum absolute atomic E-state index is 11.9. The molecular weight excluding hydrogens is 285 g/mol. The summed E-state index contributed by atoms with van der Waals surface area (Å²) in [6.45, 7) is 2.51. The Kier molecular flexibility index (Phi) is 4.96. The third-order valence-electron chi connectivity index (χ3n) is 2.02. The van der Waals surface area contributed by atoms with Gasteiger partial charge in [0.05, 0.1) is 0 Å². The topological polar surface area (TPSA) is 52.6 Å². The van der Waals surface area contributed by atoms with Gasteiger partial charge in [-0.25, -0.2) is 4.18 Å². The first-order chi connectivity index (χ1) is 8.76. The van der Waals surface area contributed by atoms with Crippen molar-refractivity contribution in [2.75, 3.05) is 6.79 Å². The van der Waals surface area contributed by atoms with Crippen LogP contribution in [0.3, 0.4) is 0 Å². The lowest BCUT2D eigenvalue weighted by molar-refractivity contribution is -0.0588. The summed E-state index contributed by atoms with van der Waals surface area (Å²) in [5.74, 6) is 0.199. The molecular formula is C11H11F3O4S. The number of halogens is 3. The lowest BCUT2D eigenvalue weighted by Crippen LogP contribution is -2.27. The first-order valence-electron chi connectivity index (χ1n) is 5.04. The normalized spacial score (nSPS) is 12.2. The van der Waals surface area contributed by atoms with E-state index in [0.29, 0.717) is 6.42 Å². The minimum Gasteiger partial charge on any atom is -0.466 e. The van der Waals surface area contributed by atoms with Gasteiger partial charge >= 0.3 is 15.6 Å². The third kappa shape index (κ3) is 4.56. The van der Waals surface area contributed by atoms with Crippen LogP contribution in [0.1, 0.15) is 5.56 Å². The zero-order chi connectivity index (χ0) is 14.5. The van der Waals surface area contributed by atoms with E-state index in [-0.39, 0.29) is 5.75 Å². The standard InChI is InChI=1S/C11H11F3O4S/c1-2-3-9-4-6-10(7-5-9)17-8-18-19(15,16)11(12,13)14/h2,4-7H,1,3,8H2. The molecule has 0 fully saturated rings. The predicted octanol–water partition coefficient (Wildman–Crippen LogP) is 2.62. The van der Waals surface area contributed by atoms with Crippen LogP contribution in [0.2, 0.25) is 0 Å². The highest BCUT2D eigenvalue weighted by Gasteiger charge is 2.47. The highest BCUT2D eigenvalue weighted by Crippen LogP contribution is 2.24. The molecule has 0 unspecified atom stereocenters. The van der Waals surface area contributed by atoms with E-state index in [0.717, 1.165) is 5.56 Å². The van der Waals surface area contributed by atoms with Crippen LogP contribution in [-0.4, -0.2) is 20.7 Å². The Balaban J connectivity index is 2.52. The number of benzene rings is 1. The van der Waals surface area contributed by atoms with Crippen LogP contribution in [0.5, 0.6) is 5.75 Å². The van der Waals surface area contributed by atoms with Gasteiger partial charge in [-0.3, -0.25) is 0 Å². The predicted molar refractivity (Wildman–Crippen MR) is 61.9 cm³/mol. The summed E-state index contributed by atoms with van der Waals surface area (Å²) in [5, 5.41) is 0. The maximum Gasteiger partial charge on any atom is 0.523 e. The van der Waals surface area contributed by atoms with Gasteiger partial charge in [0, 0.05) is 0 Å². The first-order valence-corrected chi connectivity index (χ1v) is 6.45. The van der Waals surface area contributed by atoms with Crippen LogP contribution in [0.25, 0.3) is 0 Å². The minimum atomic E-state index is -5.62. The second-order valence-corrected chi connectivity index (χ2v) is 5.02. The van der Waals surface area contributed by atoms with E-state index in [4.69, 9.17) is 4.74 Å². The molecule has 1 rings (SSSR count). The van der Waals surface area contributed by atoms with Crippen molar-refractivity contribution < 1.29 is 30.5 Å². The Morgan fingerprint density at radius 1 is 1.21 bits per heavy atom. The molecule has 19 heavy (non-hydrogen) atoms. The minimum absolute atomic E-state index is 0.199. The second kappa shape index (κ2) is 6.07. The molecule has 0 N–H and O–H groups in total. The van der Waals surface area contributed by atoms with Gasteiger partial charge in [0.2, 0.25) is 6.79 Å². The first kappa shape index (κ1) is 15.5. The largest absolute Gasteiger partial charge is 0.523 e. The molecule has 1 aromatic carbocycles. The second-order valence-electron chi connectivity index (χ2n) is 3.42. The van der Waals surface area contributed by atoms with Crippen molar-refractivity contribution >= 4 is 10.1 Å². The Labute approximate surface area is 108 Å². The highest BCUT2D eigenvalue weighted by atomic mass is 32.2. The molecule has 4 nitrogen and oxygen atoms in total. The quantitative estimate of drug-likeness (QED) is 0.350. The fraction of sp³-hybridized carbons (Fsp3) is 0.273. The van der Waals surface area contributed by atoms with Crippen molar-refractivity contribution in [3.8, 4) is 5.75 Å². The van der Waals surface area contributed by atoms with Crippen LogP contribution < -0.4 is 4.74 Å². The lowest BCUT2D eigenvalue weighted by atomic mass is 10.1. The van der Waals surface area contributed by atoms with Crippen LogP contribution >= 0.6 is 0 Å². The van der Waals surface area contributed by atoms with Crippen LogP contribution in [0, 0.1) is 0 Å². The van der Waals surface area contributed by atoms with Gasteiger partial charge in [0.1, 0.15) is 5.75 Å². The smallest absolute Gasteiger partial charge is 0.466 e. The van der Waals surface area contributed by atoms with Crippen molar-refractivity contribution in [3.05, 3.63) is 42.5 Å². The summed E-state index contributed by atoms with van der Waals surface area (Å²) in [6.07, 6.45) is 2.33. The van der Waals surface area contributed by atoms with E-state index in [1.54, 1.807) is 18.2 Å². The number of hydrogen-bond donors (Lipinski definition) is 0. The molecule has 8 heteroatoms. The van der Waals surface area contributed by atoms with Crippen molar-refractivity contribution in [1.29, 1.82) is 0 Å². The molecule has 0 aliphatic heterocycles. The molecule has 0 amide bonds. The fourth-order valence-corrected chi connectivity index (χ4v) is 1.42. The summed E-state index contributed by atoms with van der Waals surface area (Å²) >= 11 is 0. The number of rotatable bonds is 6. The highest BCUT2D eigenvalue weighted by molar-refractivity contribution is 7.87. The van der Waals surface area contributed by atoms with Gasteiger partial charge in [-0.1, -0.05) is 18.2 Å². The lowest BCUT2D eigenvalue weighted by Gasteiger charge is -2.09. The van der Waals surface area contributed by atoms with Crippen LogP contribution in [0.15, 0.2) is 36.9 Å². The molecule has 0 aliphatic carbocycles. The Morgan fingerprint density at radius 2 is 1.79 bits per heavy atom. The zero-order valence-corrected chi connectivity index (χ0v) is 10.5. The average molecular weight is 296 g/mol. The van der Waals surface area contributed by atoms with Crippen molar-refractivity contribution in [3.63, 3.8) is 0 Å². The van der Waals surface area contributed by atoms with E-state index >= 15 is 0 Å². The molecule has 0 saturated carbocycles. The Morgan fingerprint density at radius 3 is 2.26 bits per heavy atom. The monoisotopic (exact) mass is 296 g/mol. The van der Waals surface area contributed by atoms with Crippen molar-refractivity contribution in [2.24, 2.45) is 0 Å². The maximum atomic E-state index is 11.9. The number of hydrogen-bond acceptors (Lipinski definition) is 4.